The molecule has 0 spiro atoms. The molecule has 0 bridgehead atoms. The van der Waals surface area contributed by atoms with Crippen molar-refractivity contribution in [3.05, 3.63) is 65.2 Å². The van der Waals surface area contributed by atoms with Gasteiger partial charge in [-0.05, 0) is 35.6 Å². The van der Waals surface area contributed by atoms with Gasteiger partial charge in [-0.3, -0.25) is 4.18 Å². The minimum absolute atomic E-state index is 0.0423. The van der Waals surface area contributed by atoms with E-state index in [9.17, 15) is 8.42 Å². The highest BCUT2D eigenvalue weighted by molar-refractivity contribution is 7.86. The third kappa shape index (κ3) is 4.18. The summed E-state index contributed by atoms with van der Waals surface area (Å²) >= 11 is 0. The van der Waals surface area contributed by atoms with E-state index >= 15 is 0 Å². The molecule has 0 fully saturated rings. The molecule has 0 amide bonds. The lowest BCUT2D eigenvalue weighted by Gasteiger charge is -2.19. The predicted molar refractivity (Wildman–Crippen MR) is 88.3 cm³/mol. The number of aryl methyl sites for hydroxylation is 1. The van der Waals surface area contributed by atoms with E-state index in [1.165, 1.54) is 5.56 Å². The second kappa shape index (κ2) is 6.23. The van der Waals surface area contributed by atoms with E-state index < -0.39 is 10.1 Å². The van der Waals surface area contributed by atoms with Crippen LogP contribution in [-0.2, 0) is 26.3 Å². The average Bonchev–Trinajstić information content (AvgIpc) is 2.45. The summed E-state index contributed by atoms with van der Waals surface area (Å²) in [4.78, 5) is 0.185. The second-order valence-corrected chi connectivity index (χ2v) is 8.09. The van der Waals surface area contributed by atoms with E-state index in [-0.39, 0.29) is 16.9 Å². The van der Waals surface area contributed by atoms with E-state index in [1.54, 1.807) is 24.3 Å². The minimum atomic E-state index is -3.71. The highest BCUT2D eigenvalue weighted by Crippen LogP contribution is 2.23. The van der Waals surface area contributed by atoms with Crippen molar-refractivity contribution in [2.24, 2.45) is 0 Å². The molecular formula is C18H22O3S. The standard InChI is InChI=1S/C18H22O3S/c1-14-5-11-17(12-6-14)22(19,20)21-13-15-7-9-16(10-8-15)18(2,3)4/h5-12H,13H2,1-4H3. The van der Waals surface area contributed by atoms with Crippen LogP contribution in [0.15, 0.2) is 53.4 Å². The maximum Gasteiger partial charge on any atom is 0.297 e. The molecule has 2 rings (SSSR count). The first kappa shape index (κ1) is 16.7. The zero-order valence-corrected chi connectivity index (χ0v) is 14.3. The maximum absolute atomic E-state index is 12.1. The molecule has 0 aliphatic carbocycles. The Kier molecular flexibility index (Phi) is 4.73. The van der Waals surface area contributed by atoms with Crippen LogP contribution in [-0.4, -0.2) is 8.42 Å². The maximum atomic E-state index is 12.1. The summed E-state index contributed by atoms with van der Waals surface area (Å²) in [6, 6.07) is 14.5. The quantitative estimate of drug-likeness (QED) is 0.794. The van der Waals surface area contributed by atoms with Crippen LogP contribution in [0.25, 0.3) is 0 Å². The molecule has 4 heteroatoms. The van der Waals surface area contributed by atoms with Crippen molar-refractivity contribution in [2.75, 3.05) is 0 Å². The van der Waals surface area contributed by atoms with Gasteiger partial charge in [-0.15, -0.1) is 0 Å². The topological polar surface area (TPSA) is 43.4 Å². The van der Waals surface area contributed by atoms with Crippen LogP contribution < -0.4 is 0 Å². The van der Waals surface area contributed by atoms with Crippen LogP contribution in [0.4, 0.5) is 0 Å². The smallest absolute Gasteiger partial charge is 0.262 e. The van der Waals surface area contributed by atoms with Crippen LogP contribution >= 0.6 is 0 Å². The van der Waals surface area contributed by atoms with Crippen molar-refractivity contribution in [3.63, 3.8) is 0 Å². The normalized spacial score (nSPS) is 12.4. The average molecular weight is 318 g/mol. The van der Waals surface area contributed by atoms with Gasteiger partial charge in [-0.2, -0.15) is 8.42 Å². The Bertz CT molecular complexity index is 721. The molecule has 118 valence electrons. The van der Waals surface area contributed by atoms with Gasteiger partial charge in [0.05, 0.1) is 11.5 Å². The molecule has 2 aromatic carbocycles. The van der Waals surface area contributed by atoms with Crippen LogP contribution in [0.5, 0.6) is 0 Å². The molecule has 0 saturated carbocycles. The van der Waals surface area contributed by atoms with E-state index in [0.29, 0.717) is 0 Å². The van der Waals surface area contributed by atoms with Gasteiger partial charge in [-0.1, -0.05) is 62.7 Å². The van der Waals surface area contributed by atoms with E-state index in [0.717, 1.165) is 11.1 Å². The molecule has 0 unspecified atom stereocenters. The lowest BCUT2D eigenvalue weighted by molar-refractivity contribution is 0.308. The Labute approximate surface area is 133 Å². The Hall–Kier alpha value is -1.65. The Balaban J connectivity index is 2.07. The number of hydrogen-bond donors (Lipinski definition) is 0. The van der Waals surface area contributed by atoms with Gasteiger partial charge >= 0.3 is 0 Å². The van der Waals surface area contributed by atoms with Crippen molar-refractivity contribution in [2.45, 2.75) is 44.6 Å². The van der Waals surface area contributed by atoms with Crippen molar-refractivity contribution in [3.8, 4) is 0 Å². The third-order valence-corrected chi connectivity index (χ3v) is 4.79. The molecular weight excluding hydrogens is 296 g/mol. The molecule has 0 N–H and O–H groups in total. The molecule has 0 aliphatic heterocycles. The summed E-state index contributed by atoms with van der Waals surface area (Å²) < 4.78 is 29.4. The van der Waals surface area contributed by atoms with Crippen molar-refractivity contribution < 1.29 is 12.6 Å². The predicted octanol–water partition coefficient (Wildman–Crippen LogP) is 4.20. The Morgan fingerprint density at radius 1 is 0.909 bits per heavy atom. The molecule has 0 aliphatic rings. The number of rotatable bonds is 4. The van der Waals surface area contributed by atoms with E-state index in [2.05, 4.69) is 20.8 Å². The zero-order chi connectivity index (χ0) is 16.4. The van der Waals surface area contributed by atoms with Crippen LogP contribution in [0.3, 0.4) is 0 Å². The van der Waals surface area contributed by atoms with Gasteiger partial charge in [0.25, 0.3) is 10.1 Å². The lowest BCUT2D eigenvalue weighted by Crippen LogP contribution is -2.11. The summed E-state index contributed by atoms with van der Waals surface area (Å²) in [6.07, 6.45) is 0. The van der Waals surface area contributed by atoms with E-state index in [1.807, 2.05) is 31.2 Å². The van der Waals surface area contributed by atoms with Gasteiger partial charge in [0.1, 0.15) is 0 Å². The summed E-state index contributed by atoms with van der Waals surface area (Å²) in [5, 5.41) is 0. The monoisotopic (exact) mass is 318 g/mol. The van der Waals surface area contributed by atoms with Gasteiger partial charge in [-0.25, -0.2) is 0 Å². The SMILES string of the molecule is Cc1ccc(S(=O)(=O)OCc2ccc(C(C)(C)C)cc2)cc1. The molecule has 0 saturated heterocycles. The fourth-order valence-electron chi connectivity index (χ4n) is 2.02. The molecule has 0 heterocycles. The fourth-order valence-corrected chi connectivity index (χ4v) is 2.92. The van der Waals surface area contributed by atoms with Crippen molar-refractivity contribution in [1.29, 1.82) is 0 Å². The summed E-state index contributed by atoms with van der Waals surface area (Å²) in [7, 11) is -3.71. The van der Waals surface area contributed by atoms with Gasteiger partial charge in [0, 0.05) is 0 Å². The van der Waals surface area contributed by atoms with Crippen LogP contribution in [0.2, 0.25) is 0 Å². The second-order valence-electron chi connectivity index (χ2n) is 6.48. The molecule has 2 aromatic rings. The van der Waals surface area contributed by atoms with Crippen molar-refractivity contribution >= 4 is 10.1 Å². The molecule has 0 aromatic heterocycles. The summed E-state index contributed by atoms with van der Waals surface area (Å²) in [5.74, 6) is 0. The highest BCUT2D eigenvalue weighted by Gasteiger charge is 2.16. The Morgan fingerprint density at radius 2 is 1.45 bits per heavy atom. The lowest BCUT2D eigenvalue weighted by atomic mass is 9.87. The highest BCUT2D eigenvalue weighted by atomic mass is 32.2. The largest absolute Gasteiger partial charge is 0.297 e. The molecule has 3 nitrogen and oxygen atoms in total. The van der Waals surface area contributed by atoms with Gasteiger partial charge in [0.2, 0.25) is 0 Å². The first-order valence-corrected chi connectivity index (χ1v) is 8.65. The van der Waals surface area contributed by atoms with Gasteiger partial charge in [0.15, 0.2) is 0 Å². The first-order chi connectivity index (χ1) is 10.2. The number of hydrogen-bond acceptors (Lipinski definition) is 3. The van der Waals surface area contributed by atoms with Crippen LogP contribution in [0, 0.1) is 6.92 Å². The van der Waals surface area contributed by atoms with Crippen LogP contribution in [0.1, 0.15) is 37.5 Å². The third-order valence-electron chi connectivity index (χ3n) is 3.51. The fraction of sp³-hybridized carbons (Fsp3) is 0.333. The van der Waals surface area contributed by atoms with Gasteiger partial charge < -0.3 is 0 Å². The summed E-state index contributed by atoms with van der Waals surface area (Å²) in [5.41, 5.74) is 3.13. The number of benzene rings is 2. The molecule has 0 radical (unpaired) electrons. The first-order valence-electron chi connectivity index (χ1n) is 7.24. The summed E-state index contributed by atoms with van der Waals surface area (Å²) in [6.45, 7) is 8.37. The Morgan fingerprint density at radius 3 is 1.95 bits per heavy atom. The van der Waals surface area contributed by atoms with Crippen molar-refractivity contribution in [1.82, 2.24) is 0 Å². The van der Waals surface area contributed by atoms with E-state index in [4.69, 9.17) is 4.18 Å². The minimum Gasteiger partial charge on any atom is -0.262 e. The molecule has 0 atom stereocenters. The molecule has 22 heavy (non-hydrogen) atoms. The zero-order valence-electron chi connectivity index (χ0n) is 13.5.